The number of hydrogen-bond donors (Lipinski definition) is 1. The van der Waals surface area contributed by atoms with Crippen LogP contribution in [0.4, 0.5) is 11.5 Å². The zero-order valence-electron chi connectivity index (χ0n) is 11.3. The van der Waals surface area contributed by atoms with E-state index in [-0.39, 0.29) is 0 Å². The molecule has 0 aliphatic carbocycles. The number of nitrogens with one attached hydrogen (secondary N) is 1. The maximum Gasteiger partial charge on any atom is 0.158 e. The van der Waals surface area contributed by atoms with Crippen molar-refractivity contribution in [2.24, 2.45) is 14.1 Å². The minimum Gasteiger partial charge on any atom is -0.336 e. The van der Waals surface area contributed by atoms with Gasteiger partial charge in [-0.05, 0) is 12.5 Å². The SMILES string of the molecule is CCc1nn(C)cc1Nc1nccc2c1ncn2C. The second-order valence-electron chi connectivity index (χ2n) is 4.52. The summed E-state index contributed by atoms with van der Waals surface area (Å²) in [5.41, 5.74) is 3.93. The van der Waals surface area contributed by atoms with Crippen molar-refractivity contribution in [2.45, 2.75) is 13.3 Å². The molecule has 0 amide bonds. The van der Waals surface area contributed by atoms with Crippen LogP contribution in [0.25, 0.3) is 11.0 Å². The largest absolute Gasteiger partial charge is 0.336 e. The van der Waals surface area contributed by atoms with E-state index in [2.05, 4.69) is 27.3 Å². The molecule has 19 heavy (non-hydrogen) atoms. The second-order valence-corrected chi connectivity index (χ2v) is 4.52. The molecule has 3 heterocycles. The second kappa shape index (κ2) is 4.38. The van der Waals surface area contributed by atoms with Gasteiger partial charge in [0.2, 0.25) is 0 Å². The Balaban J connectivity index is 2.05. The van der Waals surface area contributed by atoms with Crippen LogP contribution in [0.2, 0.25) is 0 Å². The molecule has 98 valence electrons. The van der Waals surface area contributed by atoms with E-state index in [9.17, 15) is 0 Å². The zero-order valence-corrected chi connectivity index (χ0v) is 11.3. The first kappa shape index (κ1) is 11.7. The normalized spacial score (nSPS) is 11.1. The van der Waals surface area contributed by atoms with Gasteiger partial charge >= 0.3 is 0 Å². The Kier molecular flexibility index (Phi) is 2.70. The van der Waals surface area contributed by atoms with E-state index in [4.69, 9.17) is 0 Å². The molecule has 0 aromatic carbocycles. The lowest BCUT2D eigenvalue weighted by Gasteiger charge is -2.05. The minimum atomic E-state index is 0.765. The van der Waals surface area contributed by atoms with E-state index in [1.807, 2.05) is 30.9 Å². The summed E-state index contributed by atoms with van der Waals surface area (Å²) in [4.78, 5) is 8.76. The molecule has 0 aliphatic heterocycles. The number of anilines is 2. The Labute approximate surface area is 111 Å². The number of rotatable bonds is 3. The predicted octanol–water partition coefficient (Wildman–Crippen LogP) is 2.01. The number of aryl methyl sites for hydroxylation is 3. The fraction of sp³-hybridized carbons (Fsp3) is 0.308. The third-order valence-corrected chi connectivity index (χ3v) is 3.14. The highest BCUT2D eigenvalue weighted by Gasteiger charge is 2.11. The standard InChI is InChI=1S/C13H16N6/c1-4-9-10(7-19(3)17-9)16-13-12-11(5-6-14-13)18(2)8-15-12/h5-8H,4H2,1-3H3,(H,14,16). The van der Waals surface area contributed by atoms with Gasteiger partial charge in [-0.1, -0.05) is 6.92 Å². The van der Waals surface area contributed by atoms with Gasteiger partial charge in [0.15, 0.2) is 5.82 Å². The topological polar surface area (TPSA) is 60.6 Å². The molecule has 0 atom stereocenters. The van der Waals surface area contributed by atoms with Gasteiger partial charge in [-0.2, -0.15) is 5.10 Å². The third kappa shape index (κ3) is 1.95. The molecule has 6 nitrogen and oxygen atoms in total. The van der Waals surface area contributed by atoms with Gasteiger partial charge in [0.25, 0.3) is 0 Å². The smallest absolute Gasteiger partial charge is 0.158 e. The Bertz CT molecular complexity index is 724. The molecule has 0 fully saturated rings. The first-order valence-corrected chi connectivity index (χ1v) is 6.24. The summed E-state index contributed by atoms with van der Waals surface area (Å²) >= 11 is 0. The lowest BCUT2D eigenvalue weighted by Crippen LogP contribution is -1.97. The van der Waals surface area contributed by atoms with Crippen LogP contribution >= 0.6 is 0 Å². The number of imidazole rings is 1. The summed E-state index contributed by atoms with van der Waals surface area (Å²) in [6.07, 6.45) is 6.42. The molecular weight excluding hydrogens is 240 g/mol. The van der Waals surface area contributed by atoms with Gasteiger partial charge in [0, 0.05) is 26.5 Å². The van der Waals surface area contributed by atoms with Crippen molar-refractivity contribution < 1.29 is 0 Å². The van der Waals surface area contributed by atoms with Gasteiger partial charge < -0.3 is 9.88 Å². The molecule has 3 aromatic rings. The number of pyridine rings is 1. The highest BCUT2D eigenvalue weighted by atomic mass is 15.3. The fourth-order valence-corrected chi connectivity index (χ4v) is 2.18. The highest BCUT2D eigenvalue weighted by Crippen LogP contribution is 2.24. The Morgan fingerprint density at radius 3 is 2.89 bits per heavy atom. The van der Waals surface area contributed by atoms with E-state index in [0.717, 1.165) is 34.7 Å². The molecule has 3 aromatic heterocycles. The van der Waals surface area contributed by atoms with Gasteiger partial charge in [-0.15, -0.1) is 0 Å². The molecule has 0 unspecified atom stereocenters. The van der Waals surface area contributed by atoms with Crippen molar-refractivity contribution in [3.63, 3.8) is 0 Å². The molecule has 1 N–H and O–H groups in total. The lowest BCUT2D eigenvalue weighted by molar-refractivity contribution is 0.746. The number of fused-ring (bicyclic) bond motifs is 1. The highest BCUT2D eigenvalue weighted by molar-refractivity contribution is 5.87. The summed E-state index contributed by atoms with van der Waals surface area (Å²) < 4.78 is 3.78. The molecule has 0 radical (unpaired) electrons. The van der Waals surface area contributed by atoms with Crippen molar-refractivity contribution in [1.29, 1.82) is 0 Å². The van der Waals surface area contributed by atoms with E-state index in [1.54, 1.807) is 17.2 Å². The van der Waals surface area contributed by atoms with Crippen molar-refractivity contribution in [3.8, 4) is 0 Å². The van der Waals surface area contributed by atoms with E-state index in [1.165, 1.54) is 0 Å². The first-order valence-electron chi connectivity index (χ1n) is 6.24. The average Bonchev–Trinajstić information content (AvgIpc) is 2.94. The maximum absolute atomic E-state index is 4.41. The molecule has 3 rings (SSSR count). The van der Waals surface area contributed by atoms with Crippen LogP contribution in [0.1, 0.15) is 12.6 Å². The van der Waals surface area contributed by atoms with Crippen molar-refractivity contribution >= 4 is 22.5 Å². The van der Waals surface area contributed by atoms with E-state index < -0.39 is 0 Å². The van der Waals surface area contributed by atoms with Crippen LogP contribution in [-0.2, 0) is 20.5 Å². The third-order valence-electron chi connectivity index (χ3n) is 3.14. The summed E-state index contributed by atoms with van der Waals surface area (Å²) in [5.74, 6) is 0.765. The molecule has 0 saturated carbocycles. The molecule has 6 heteroatoms. The van der Waals surface area contributed by atoms with Crippen LogP contribution in [0.3, 0.4) is 0 Å². The van der Waals surface area contributed by atoms with Gasteiger partial charge in [-0.25, -0.2) is 9.97 Å². The average molecular weight is 256 g/mol. The quantitative estimate of drug-likeness (QED) is 0.778. The van der Waals surface area contributed by atoms with Crippen LogP contribution in [0.15, 0.2) is 24.8 Å². The van der Waals surface area contributed by atoms with Gasteiger partial charge in [0.1, 0.15) is 5.52 Å². The Morgan fingerprint density at radius 2 is 2.11 bits per heavy atom. The van der Waals surface area contributed by atoms with Crippen LogP contribution in [0.5, 0.6) is 0 Å². The predicted molar refractivity (Wildman–Crippen MR) is 74.4 cm³/mol. The number of aromatic nitrogens is 5. The first-order chi connectivity index (χ1) is 9.19. The zero-order chi connectivity index (χ0) is 13.4. The molecule has 0 bridgehead atoms. The van der Waals surface area contributed by atoms with Gasteiger partial charge in [0.05, 0.1) is 23.2 Å². The van der Waals surface area contributed by atoms with E-state index in [0.29, 0.717) is 0 Å². The summed E-state index contributed by atoms with van der Waals surface area (Å²) in [6.45, 7) is 2.09. The van der Waals surface area contributed by atoms with Crippen LogP contribution < -0.4 is 5.32 Å². The van der Waals surface area contributed by atoms with Crippen molar-refractivity contribution in [3.05, 3.63) is 30.5 Å². The summed E-state index contributed by atoms with van der Waals surface area (Å²) in [6, 6.07) is 1.96. The maximum atomic E-state index is 4.41. The Morgan fingerprint density at radius 1 is 1.26 bits per heavy atom. The van der Waals surface area contributed by atoms with Crippen molar-refractivity contribution in [2.75, 3.05) is 5.32 Å². The van der Waals surface area contributed by atoms with Crippen LogP contribution in [0, 0.1) is 0 Å². The molecule has 0 aliphatic rings. The Hall–Kier alpha value is -2.37. The van der Waals surface area contributed by atoms with Gasteiger partial charge in [-0.3, -0.25) is 4.68 Å². The molecule has 0 spiro atoms. The van der Waals surface area contributed by atoms with Crippen LogP contribution in [-0.4, -0.2) is 24.3 Å². The number of hydrogen-bond acceptors (Lipinski definition) is 4. The molecule has 0 saturated heterocycles. The summed E-state index contributed by atoms with van der Waals surface area (Å²) in [7, 11) is 3.89. The fourth-order valence-electron chi connectivity index (χ4n) is 2.18. The summed E-state index contributed by atoms with van der Waals surface area (Å²) in [5, 5.41) is 7.74. The lowest BCUT2D eigenvalue weighted by atomic mass is 10.3. The number of nitrogens with zero attached hydrogens (tertiary/aromatic N) is 5. The minimum absolute atomic E-state index is 0.765. The van der Waals surface area contributed by atoms with E-state index >= 15 is 0 Å². The molecular formula is C13H16N6. The monoisotopic (exact) mass is 256 g/mol. The van der Waals surface area contributed by atoms with Crippen molar-refractivity contribution in [1.82, 2.24) is 24.3 Å².